The summed E-state index contributed by atoms with van der Waals surface area (Å²) in [6, 6.07) is 10.3. The van der Waals surface area contributed by atoms with Gasteiger partial charge in [0.15, 0.2) is 0 Å². The Bertz CT molecular complexity index is 564. The Kier molecular flexibility index (Phi) is 5.89. The molecule has 0 amide bonds. The maximum atomic E-state index is 11.0. The van der Waals surface area contributed by atoms with E-state index in [0.717, 1.165) is 12.8 Å². The van der Waals surface area contributed by atoms with Crippen LogP contribution in [0.15, 0.2) is 42.7 Å². The topological polar surface area (TPSA) is 44.8 Å². The normalized spacial score (nSPS) is 20.3. The van der Waals surface area contributed by atoms with E-state index in [-0.39, 0.29) is 30.1 Å². The van der Waals surface area contributed by atoms with E-state index in [4.69, 9.17) is 14.0 Å². The van der Waals surface area contributed by atoms with Crippen molar-refractivity contribution in [2.75, 3.05) is 0 Å². The molecule has 0 saturated carbocycles. The second kappa shape index (κ2) is 7.54. The number of benzene rings is 1. The zero-order chi connectivity index (χ0) is 17.8. The molecule has 5 heteroatoms. The average molecular weight is 330 g/mol. The molecule has 1 aliphatic heterocycles. The highest BCUT2D eigenvalue weighted by Gasteiger charge is 2.53. The highest BCUT2D eigenvalue weighted by molar-refractivity contribution is 6.48. The third kappa shape index (κ3) is 4.71. The van der Waals surface area contributed by atoms with Crippen LogP contribution in [0, 0.1) is 0 Å². The molecule has 2 rings (SSSR count). The van der Waals surface area contributed by atoms with Crippen molar-refractivity contribution in [3.05, 3.63) is 48.2 Å². The lowest BCUT2D eigenvalue weighted by Crippen LogP contribution is -2.41. The fourth-order valence-electron chi connectivity index (χ4n) is 2.60. The van der Waals surface area contributed by atoms with E-state index in [9.17, 15) is 4.79 Å². The van der Waals surface area contributed by atoms with Crippen molar-refractivity contribution in [3.8, 4) is 0 Å². The summed E-state index contributed by atoms with van der Waals surface area (Å²) in [4.78, 5) is 11.0. The molecule has 1 atom stereocenters. The van der Waals surface area contributed by atoms with Crippen LogP contribution in [0.4, 0.5) is 0 Å². The van der Waals surface area contributed by atoms with E-state index < -0.39 is 0 Å². The van der Waals surface area contributed by atoms with Gasteiger partial charge in [-0.3, -0.25) is 4.79 Å². The summed E-state index contributed by atoms with van der Waals surface area (Å²) >= 11 is 0. The van der Waals surface area contributed by atoms with Gasteiger partial charge in [-0.2, -0.15) is 0 Å². The minimum Gasteiger partial charge on any atom is -0.435 e. The molecule has 1 heterocycles. The van der Waals surface area contributed by atoms with Crippen molar-refractivity contribution in [2.45, 2.75) is 64.5 Å². The Hall–Kier alpha value is -1.59. The van der Waals surface area contributed by atoms with E-state index >= 15 is 0 Å². The number of allylic oxidation sites excluding steroid dienone is 1. The Morgan fingerprint density at radius 2 is 1.75 bits per heavy atom. The fraction of sp³-hybridized carbons (Fsp3) is 0.526. The van der Waals surface area contributed by atoms with Gasteiger partial charge in [0.25, 0.3) is 0 Å². The Morgan fingerprint density at radius 3 is 2.29 bits per heavy atom. The van der Waals surface area contributed by atoms with E-state index in [0.29, 0.717) is 0 Å². The molecule has 24 heavy (non-hydrogen) atoms. The minimum absolute atomic E-state index is 0.00519. The van der Waals surface area contributed by atoms with Crippen molar-refractivity contribution in [3.63, 3.8) is 0 Å². The first-order valence-electron chi connectivity index (χ1n) is 8.45. The highest BCUT2D eigenvalue weighted by Crippen LogP contribution is 2.41. The van der Waals surface area contributed by atoms with E-state index in [1.807, 2.05) is 52.0 Å². The fourth-order valence-corrected chi connectivity index (χ4v) is 2.60. The molecule has 130 valence electrons. The molecule has 1 aromatic rings. The second-order valence-electron chi connectivity index (χ2n) is 7.25. The Morgan fingerprint density at radius 1 is 1.17 bits per heavy atom. The molecule has 0 spiro atoms. The van der Waals surface area contributed by atoms with Crippen LogP contribution in [0.3, 0.4) is 0 Å². The quantitative estimate of drug-likeness (QED) is 0.446. The van der Waals surface area contributed by atoms with Crippen LogP contribution < -0.4 is 0 Å². The largest absolute Gasteiger partial charge is 0.465 e. The predicted octanol–water partition coefficient (Wildman–Crippen LogP) is 4.16. The first-order chi connectivity index (χ1) is 11.2. The first kappa shape index (κ1) is 18.7. The van der Waals surface area contributed by atoms with E-state index in [1.165, 1.54) is 18.7 Å². The van der Waals surface area contributed by atoms with Gasteiger partial charge in [0.1, 0.15) is 0 Å². The van der Waals surface area contributed by atoms with Gasteiger partial charge in [0.05, 0.1) is 17.5 Å². The zero-order valence-electron chi connectivity index (χ0n) is 15.2. The van der Waals surface area contributed by atoms with Crippen molar-refractivity contribution in [1.82, 2.24) is 0 Å². The highest BCUT2D eigenvalue weighted by atomic mass is 16.7. The summed E-state index contributed by atoms with van der Waals surface area (Å²) in [6.07, 6.45) is 5.06. The van der Waals surface area contributed by atoms with Crippen LogP contribution in [-0.4, -0.2) is 24.3 Å². The summed E-state index contributed by atoms with van der Waals surface area (Å²) < 4.78 is 17.3. The molecule has 0 bridgehead atoms. The number of rotatable bonds is 6. The van der Waals surface area contributed by atoms with Crippen LogP contribution in [0.5, 0.6) is 0 Å². The van der Waals surface area contributed by atoms with Crippen LogP contribution in [-0.2, 0) is 25.3 Å². The third-order valence-electron chi connectivity index (χ3n) is 4.79. The summed E-state index contributed by atoms with van der Waals surface area (Å²) in [5.41, 5.74) is 0.510. The Balaban J connectivity index is 2.08. The van der Waals surface area contributed by atoms with Crippen molar-refractivity contribution >= 4 is 13.1 Å². The van der Waals surface area contributed by atoms with E-state index in [1.54, 1.807) is 0 Å². The van der Waals surface area contributed by atoms with Crippen molar-refractivity contribution in [2.24, 2.45) is 0 Å². The summed E-state index contributed by atoms with van der Waals surface area (Å²) in [6.45, 7) is 9.54. The molecule has 0 radical (unpaired) electrons. The number of carbonyl (C=O) groups excluding carboxylic acids is 1. The molecular weight excluding hydrogens is 303 g/mol. The van der Waals surface area contributed by atoms with Gasteiger partial charge in [-0.25, -0.2) is 0 Å². The maximum absolute atomic E-state index is 11.0. The number of hydrogen-bond acceptors (Lipinski definition) is 4. The monoisotopic (exact) mass is 330 g/mol. The van der Waals surface area contributed by atoms with Gasteiger partial charge in [0.2, 0.25) is 0 Å². The number of aryl methyl sites for hydroxylation is 1. The average Bonchev–Trinajstić information content (AvgIpc) is 2.71. The van der Waals surface area contributed by atoms with Gasteiger partial charge in [-0.05, 0) is 52.2 Å². The van der Waals surface area contributed by atoms with Crippen LogP contribution in [0.2, 0.25) is 5.82 Å². The number of esters is 1. The van der Waals surface area contributed by atoms with Crippen molar-refractivity contribution in [1.29, 1.82) is 0 Å². The molecule has 1 aromatic carbocycles. The standard InChI is InChI=1S/C19H27BO4/c1-15(21)22-14-13-17(12-11-16-9-7-6-8-10-16)20-23-18(2,3)19(4,5)24-20/h6-10,13-14,17H,11-12H2,1-5H3/b14-13-/t17-/m0/s1. The molecular formula is C19H27BO4. The summed E-state index contributed by atoms with van der Waals surface area (Å²) in [7, 11) is -0.356. The van der Waals surface area contributed by atoms with Gasteiger partial charge >= 0.3 is 13.1 Å². The molecule has 4 nitrogen and oxygen atoms in total. The predicted molar refractivity (Wildman–Crippen MR) is 95.5 cm³/mol. The van der Waals surface area contributed by atoms with Crippen LogP contribution in [0.1, 0.15) is 46.6 Å². The maximum Gasteiger partial charge on any atom is 0.465 e. The number of hydrogen-bond donors (Lipinski definition) is 0. The number of carbonyl (C=O) groups is 1. The third-order valence-corrected chi connectivity index (χ3v) is 4.79. The molecule has 1 fully saturated rings. The molecule has 1 saturated heterocycles. The molecule has 0 aromatic heterocycles. The van der Waals surface area contributed by atoms with Crippen molar-refractivity contribution < 1.29 is 18.8 Å². The van der Waals surface area contributed by atoms with Crippen LogP contribution >= 0.6 is 0 Å². The smallest absolute Gasteiger partial charge is 0.435 e. The van der Waals surface area contributed by atoms with Gasteiger partial charge in [0, 0.05) is 12.7 Å². The summed E-state index contributed by atoms with van der Waals surface area (Å²) in [5.74, 6) is -0.326. The lowest BCUT2D eigenvalue weighted by atomic mass is 9.69. The van der Waals surface area contributed by atoms with Gasteiger partial charge in [-0.15, -0.1) is 0 Å². The zero-order valence-corrected chi connectivity index (χ0v) is 15.2. The lowest BCUT2D eigenvalue weighted by molar-refractivity contribution is -0.135. The molecule has 0 N–H and O–H groups in total. The molecule has 0 unspecified atom stereocenters. The van der Waals surface area contributed by atoms with E-state index in [2.05, 4.69) is 12.1 Å². The number of ether oxygens (including phenoxy) is 1. The summed E-state index contributed by atoms with van der Waals surface area (Å²) in [5, 5.41) is 0. The lowest BCUT2D eigenvalue weighted by Gasteiger charge is -2.32. The minimum atomic E-state index is -0.377. The first-order valence-corrected chi connectivity index (χ1v) is 8.45. The molecule has 0 aliphatic carbocycles. The Labute approximate surface area is 145 Å². The van der Waals surface area contributed by atoms with Gasteiger partial charge < -0.3 is 14.0 Å². The second-order valence-corrected chi connectivity index (χ2v) is 7.25. The van der Waals surface area contributed by atoms with Crippen LogP contribution in [0.25, 0.3) is 0 Å². The van der Waals surface area contributed by atoms with Gasteiger partial charge in [-0.1, -0.05) is 30.3 Å². The SMILES string of the molecule is CC(=O)O/C=C\[C@H](CCc1ccccc1)B1OC(C)(C)C(C)(C)O1. The molecule has 1 aliphatic rings.